The second-order valence-electron chi connectivity index (χ2n) is 3.99. The molecule has 1 heterocycles. The minimum Gasteiger partial charge on any atom is -0.439 e. The van der Waals surface area contributed by atoms with Crippen molar-refractivity contribution in [3.05, 3.63) is 53.7 Å². The van der Waals surface area contributed by atoms with Gasteiger partial charge in [0.25, 0.3) is 0 Å². The first-order chi connectivity index (χ1) is 9.20. The number of nitrogens with two attached hydrogens (primary N) is 1. The summed E-state index contributed by atoms with van der Waals surface area (Å²) in [6, 6.07) is 10.4. The van der Waals surface area contributed by atoms with Gasteiger partial charge in [-0.1, -0.05) is 6.07 Å². The molecule has 2 rings (SSSR count). The van der Waals surface area contributed by atoms with E-state index in [9.17, 15) is 4.79 Å². The zero-order valence-electron chi connectivity index (χ0n) is 10.6. The largest absolute Gasteiger partial charge is 0.439 e. The molecule has 0 atom stereocenters. The Labute approximate surface area is 111 Å². The maximum atomic E-state index is 11.0. The summed E-state index contributed by atoms with van der Waals surface area (Å²) in [6.45, 7) is 0.669. The van der Waals surface area contributed by atoms with Gasteiger partial charge >= 0.3 is 0 Å². The third kappa shape index (κ3) is 3.29. The molecule has 0 saturated heterocycles. The Hall–Kier alpha value is -2.40. The van der Waals surface area contributed by atoms with E-state index in [1.165, 1.54) is 0 Å². The maximum Gasteiger partial charge on any atom is 0.248 e. The lowest BCUT2D eigenvalue weighted by Gasteiger charge is -2.09. The summed E-state index contributed by atoms with van der Waals surface area (Å²) in [5.74, 6) is 0.699. The van der Waals surface area contributed by atoms with E-state index in [-0.39, 0.29) is 0 Å². The first kappa shape index (κ1) is 13.0. The van der Waals surface area contributed by atoms with Gasteiger partial charge in [0.15, 0.2) is 0 Å². The van der Waals surface area contributed by atoms with E-state index in [1.54, 1.807) is 30.5 Å². The Balaban J connectivity index is 2.19. The van der Waals surface area contributed by atoms with Crippen LogP contribution in [0.1, 0.15) is 15.9 Å². The predicted molar refractivity (Wildman–Crippen MR) is 72.0 cm³/mol. The molecule has 98 valence electrons. The van der Waals surface area contributed by atoms with Crippen molar-refractivity contribution in [3.63, 3.8) is 0 Å². The normalized spacial score (nSPS) is 10.2. The summed E-state index contributed by atoms with van der Waals surface area (Å²) >= 11 is 0. The summed E-state index contributed by atoms with van der Waals surface area (Å²) in [5, 5.41) is 3.05. The van der Waals surface area contributed by atoms with Gasteiger partial charge < -0.3 is 15.8 Å². The SMILES string of the molecule is CNCc1cccnc1Oc1ccc(C(N)=O)cc1. The van der Waals surface area contributed by atoms with Gasteiger partial charge in [0.05, 0.1) is 0 Å². The zero-order chi connectivity index (χ0) is 13.7. The van der Waals surface area contributed by atoms with Gasteiger partial charge in [-0.3, -0.25) is 4.79 Å². The fourth-order valence-corrected chi connectivity index (χ4v) is 1.64. The number of hydrogen-bond donors (Lipinski definition) is 2. The van der Waals surface area contributed by atoms with Crippen molar-refractivity contribution in [2.24, 2.45) is 5.73 Å². The van der Waals surface area contributed by atoms with Crippen LogP contribution in [0.15, 0.2) is 42.6 Å². The summed E-state index contributed by atoms with van der Waals surface area (Å²) in [7, 11) is 1.86. The predicted octanol–water partition coefficient (Wildman–Crippen LogP) is 1.69. The van der Waals surface area contributed by atoms with Crippen molar-refractivity contribution < 1.29 is 9.53 Å². The molecule has 1 amide bonds. The molecule has 19 heavy (non-hydrogen) atoms. The van der Waals surface area contributed by atoms with Crippen LogP contribution < -0.4 is 15.8 Å². The number of pyridine rings is 1. The molecular formula is C14H15N3O2. The van der Waals surface area contributed by atoms with Crippen LogP contribution in [0.2, 0.25) is 0 Å². The van der Waals surface area contributed by atoms with Crippen LogP contribution in [-0.2, 0) is 6.54 Å². The van der Waals surface area contributed by atoms with Crippen LogP contribution in [0.5, 0.6) is 11.6 Å². The van der Waals surface area contributed by atoms with Crippen LogP contribution in [0.4, 0.5) is 0 Å². The fourth-order valence-electron chi connectivity index (χ4n) is 1.64. The number of rotatable bonds is 5. The van der Waals surface area contributed by atoms with Crippen LogP contribution in [0.3, 0.4) is 0 Å². The molecule has 0 fully saturated rings. The summed E-state index contributed by atoms with van der Waals surface area (Å²) in [5.41, 5.74) is 6.59. The van der Waals surface area contributed by atoms with Crippen LogP contribution >= 0.6 is 0 Å². The van der Waals surface area contributed by atoms with Gasteiger partial charge in [0.2, 0.25) is 11.8 Å². The molecule has 5 heteroatoms. The highest BCUT2D eigenvalue weighted by molar-refractivity contribution is 5.92. The van der Waals surface area contributed by atoms with E-state index in [1.807, 2.05) is 19.2 Å². The second-order valence-corrected chi connectivity index (χ2v) is 3.99. The maximum absolute atomic E-state index is 11.0. The minimum atomic E-state index is -0.458. The van der Waals surface area contributed by atoms with Gasteiger partial charge in [0.1, 0.15) is 5.75 Å². The highest BCUT2D eigenvalue weighted by Gasteiger charge is 2.06. The molecule has 5 nitrogen and oxygen atoms in total. The molecule has 0 unspecified atom stereocenters. The molecule has 3 N–H and O–H groups in total. The Kier molecular flexibility index (Phi) is 4.10. The van der Waals surface area contributed by atoms with Gasteiger partial charge in [0, 0.05) is 23.9 Å². The van der Waals surface area contributed by atoms with E-state index in [0.717, 1.165) is 5.56 Å². The third-order valence-corrected chi connectivity index (χ3v) is 2.57. The molecule has 2 aromatic rings. The van der Waals surface area contributed by atoms with Crippen molar-refractivity contribution in [1.29, 1.82) is 0 Å². The highest BCUT2D eigenvalue weighted by Crippen LogP contribution is 2.23. The summed E-state index contributed by atoms with van der Waals surface area (Å²) in [6.07, 6.45) is 1.67. The topological polar surface area (TPSA) is 77.2 Å². The zero-order valence-corrected chi connectivity index (χ0v) is 10.6. The number of carbonyl (C=O) groups excluding carboxylic acids is 1. The first-order valence-electron chi connectivity index (χ1n) is 5.87. The van der Waals surface area contributed by atoms with E-state index in [0.29, 0.717) is 23.7 Å². The Morgan fingerprint density at radius 2 is 2.05 bits per heavy atom. The number of ether oxygens (including phenoxy) is 1. The number of amides is 1. The molecule has 0 aliphatic rings. The molecule has 0 radical (unpaired) electrons. The number of carbonyl (C=O) groups is 1. The monoisotopic (exact) mass is 257 g/mol. The Morgan fingerprint density at radius 3 is 2.68 bits per heavy atom. The van der Waals surface area contributed by atoms with E-state index in [2.05, 4.69) is 10.3 Å². The number of benzene rings is 1. The second kappa shape index (κ2) is 5.97. The lowest BCUT2D eigenvalue weighted by molar-refractivity contribution is 0.100. The van der Waals surface area contributed by atoms with Gasteiger partial charge in [-0.15, -0.1) is 0 Å². The average molecular weight is 257 g/mol. The molecule has 0 saturated carbocycles. The van der Waals surface area contributed by atoms with Gasteiger partial charge in [-0.05, 0) is 37.4 Å². The molecule has 0 aliphatic carbocycles. The summed E-state index contributed by atoms with van der Waals surface area (Å²) in [4.78, 5) is 15.2. The number of primary amides is 1. The van der Waals surface area contributed by atoms with Crippen molar-refractivity contribution in [2.75, 3.05) is 7.05 Å². The van der Waals surface area contributed by atoms with Crippen molar-refractivity contribution in [1.82, 2.24) is 10.3 Å². The molecule has 1 aromatic carbocycles. The summed E-state index contributed by atoms with van der Waals surface area (Å²) < 4.78 is 5.69. The van der Waals surface area contributed by atoms with E-state index in [4.69, 9.17) is 10.5 Å². The van der Waals surface area contributed by atoms with Crippen LogP contribution in [0, 0.1) is 0 Å². The molecule has 0 spiro atoms. The lowest BCUT2D eigenvalue weighted by Crippen LogP contribution is -2.10. The van der Waals surface area contributed by atoms with Crippen molar-refractivity contribution in [2.45, 2.75) is 6.54 Å². The molecule has 1 aromatic heterocycles. The number of aromatic nitrogens is 1. The van der Waals surface area contributed by atoms with Gasteiger partial charge in [-0.25, -0.2) is 4.98 Å². The lowest BCUT2D eigenvalue weighted by atomic mass is 10.2. The van der Waals surface area contributed by atoms with E-state index >= 15 is 0 Å². The standard InChI is InChI=1S/C14H15N3O2/c1-16-9-11-3-2-8-17-14(11)19-12-6-4-10(5-7-12)13(15)18/h2-8,16H,9H2,1H3,(H2,15,18). The number of hydrogen-bond acceptors (Lipinski definition) is 4. The number of nitrogens with zero attached hydrogens (tertiary/aromatic N) is 1. The molecular weight excluding hydrogens is 242 g/mol. The Morgan fingerprint density at radius 1 is 1.32 bits per heavy atom. The quantitative estimate of drug-likeness (QED) is 0.854. The van der Waals surface area contributed by atoms with Crippen molar-refractivity contribution in [3.8, 4) is 11.6 Å². The first-order valence-corrected chi connectivity index (χ1v) is 5.87. The van der Waals surface area contributed by atoms with Crippen LogP contribution in [-0.4, -0.2) is 17.9 Å². The van der Waals surface area contributed by atoms with Crippen LogP contribution in [0.25, 0.3) is 0 Å². The third-order valence-electron chi connectivity index (χ3n) is 2.57. The fraction of sp³-hybridized carbons (Fsp3) is 0.143. The highest BCUT2D eigenvalue weighted by atomic mass is 16.5. The Bertz CT molecular complexity index is 567. The van der Waals surface area contributed by atoms with Crippen molar-refractivity contribution >= 4 is 5.91 Å². The molecule has 0 aliphatic heterocycles. The average Bonchev–Trinajstić information content (AvgIpc) is 2.42. The minimum absolute atomic E-state index is 0.448. The molecule has 0 bridgehead atoms. The van der Waals surface area contributed by atoms with E-state index < -0.39 is 5.91 Å². The smallest absolute Gasteiger partial charge is 0.248 e. The number of nitrogens with one attached hydrogen (secondary N) is 1. The van der Waals surface area contributed by atoms with Gasteiger partial charge in [-0.2, -0.15) is 0 Å².